The number of carbonyl (C=O) groups is 1. The summed E-state index contributed by atoms with van der Waals surface area (Å²) in [4.78, 5) is 22.0. The predicted molar refractivity (Wildman–Crippen MR) is 89.2 cm³/mol. The number of benzene rings is 1. The van der Waals surface area contributed by atoms with Gasteiger partial charge in [-0.15, -0.1) is 11.8 Å². The fourth-order valence-electron chi connectivity index (χ4n) is 2.31. The highest BCUT2D eigenvalue weighted by Gasteiger charge is 2.39. The maximum absolute atomic E-state index is 14.3. The Morgan fingerprint density at radius 2 is 1.96 bits per heavy atom. The summed E-state index contributed by atoms with van der Waals surface area (Å²) in [5.41, 5.74) is 0.223. The van der Waals surface area contributed by atoms with Crippen LogP contribution in [-0.2, 0) is 4.79 Å². The summed E-state index contributed by atoms with van der Waals surface area (Å²) in [5, 5.41) is -0.426. The number of carbonyl (C=O) groups excluding carboxylic acids is 1. The first kappa shape index (κ1) is 16.8. The Balaban J connectivity index is 2.09. The first-order chi connectivity index (χ1) is 11.5. The molecule has 24 heavy (non-hydrogen) atoms. The SMILES string of the molecule is COc1cc(OC)nc(N2C(=O)CSC2c2c(F)cccc2Cl)n1. The van der Waals surface area contributed by atoms with E-state index in [4.69, 9.17) is 21.1 Å². The Morgan fingerprint density at radius 1 is 1.29 bits per heavy atom. The largest absolute Gasteiger partial charge is 0.481 e. The molecule has 9 heteroatoms. The second-order valence-corrected chi connectivity index (χ2v) is 6.29. The van der Waals surface area contributed by atoms with Crippen LogP contribution in [0.5, 0.6) is 11.8 Å². The van der Waals surface area contributed by atoms with Crippen LogP contribution in [0.2, 0.25) is 5.02 Å². The molecule has 1 unspecified atom stereocenters. The number of ether oxygens (including phenoxy) is 2. The average Bonchev–Trinajstić information content (AvgIpc) is 2.95. The van der Waals surface area contributed by atoms with Crippen molar-refractivity contribution in [2.75, 3.05) is 24.9 Å². The van der Waals surface area contributed by atoms with Crippen LogP contribution >= 0.6 is 23.4 Å². The van der Waals surface area contributed by atoms with Gasteiger partial charge >= 0.3 is 0 Å². The van der Waals surface area contributed by atoms with Gasteiger partial charge in [-0.05, 0) is 12.1 Å². The van der Waals surface area contributed by atoms with E-state index < -0.39 is 11.2 Å². The zero-order valence-electron chi connectivity index (χ0n) is 12.8. The molecule has 1 aliphatic rings. The van der Waals surface area contributed by atoms with Gasteiger partial charge in [0.2, 0.25) is 23.6 Å². The van der Waals surface area contributed by atoms with Gasteiger partial charge in [0, 0.05) is 10.6 Å². The number of aromatic nitrogens is 2. The zero-order chi connectivity index (χ0) is 17.3. The fourth-order valence-corrected chi connectivity index (χ4v) is 3.85. The lowest BCUT2D eigenvalue weighted by Crippen LogP contribution is -2.30. The van der Waals surface area contributed by atoms with Gasteiger partial charge in [-0.25, -0.2) is 4.39 Å². The van der Waals surface area contributed by atoms with Crippen molar-refractivity contribution in [3.63, 3.8) is 0 Å². The second-order valence-electron chi connectivity index (χ2n) is 4.82. The van der Waals surface area contributed by atoms with E-state index in [2.05, 4.69) is 9.97 Å². The molecule has 1 aromatic carbocycles. The van der Waals surface area contributed by atoms with Gasteiger partial charge < -0.3 is 9.47 Å². The summed E-state index contributed by atoms with van der Waals surface area (Å²) in [5.74, 6) is -0.0299. The minimum Gasteiger partial charge on any atom is -0.481 e. The minimum absolute atomic E-state index is 0.0746. The normalized spacial score (nSPS) is 17.2. The summed E-state index contributed by atoms with van der Waals surface area (Å²) >= 11 is 7.40. The molecular weight excluding hydrogens is 357 g/mol. The van der Waals surface area contributed by atoms with Crippen molar-refractivity contribution >= 4 is 35.2 Å². The molecule has 1 aromatic heterocycles. The van der Waals surface area contributed by atoms with E-state index in [9.17, 15) is 9.18 Å². The highest BCUT2D eigenvalue weighted by Crippen LogP contribution is 2.44. The van der Waals surface area contributed by atoms with Crippen LogP contribution in [0.25, 0.3) is 0 Å². The number of methoxy groups -OCH3 is 2. The van der Waals surface area contributed by atoms with Crippen LogP contribution in [0.3, 0.4) is 0 Å². The third-order valence-corrected chi connectivity index (χ3v) is 4.92. The summed E-state index contributed by atoms with van der Waals surface area (Å²) in [7, 11) is 2.88. The maximum Gasteiger partial charge on any atom is 0.240 e. The molecule has 1 atom stereocenters. The van der Waals surface area contributed by atoms with E-state index in [1.54, 1.807) is 6.07 Å². The predicted octanol–water partition coefficient (Wildman–Crippen LogP) is 3.06. The van der Waals surface area contributed by atoms with Crippen LogP contribution in [0.15, 0.2) is 24.3 Å². The summed E-state index contributed by atoms with van der Waals surface area (Å²) < 4.78 is 24.5. The first-order valence-corrected chi connectivity index (χ1v) is 8.32. The topological polar surface area (TPSA) is 64.6 Å². The molecule has 3 rings (SSSR count). The third-order valence-electron chi connectivity index (χ3n) is 3.42. The van der Waals surface area contributed by atoms with Gasteiger partial charge in [-0.2, -0.15) is 9.97 Å². The Morgan fingerprint density at radius 3 is 2.54 bits per heavy atom. The lowest BCUT2D eigenvalue weighted by molar-refractivity contribution is -0.115. The molecule has 0 N–H and O–H groups in total. The number of hydrogen-bond donors (Lipinski definition) is 0. The van der Waals surface area contributed by atoms with Crippen molar-refractivity contribution in [1.29, 1.82) is 0 Å². The quantitative estimate of drug-likeness (QED) is 0.825. The van der Waals surface area contributed by atoms with Crippen LogP contribution in [0, 0.1) is 5.82 Å². The number of thioether (sulfide) groups is 1. The van der Waals surface area contributed by atoms with Crippen molar-refractivity contribution in [3.8, 4) is 11.8 Å². The van der Waals surface area contributed by atoms with Gasteiger partial charge in [0.05, 0.1) is 26.0 Å². The highest BCUT2D eigenvalue weighted by molar-refractivity contribution is 8.00. The first-order valence-electron chi connectivity index (χ1n) is 6.89. The van der Waals surface area contributed by atoms with Gasteiger partial charge in [0.15, 0.2) is 0 Å². The Hall–Kier alpha value is -2.06. The molecule has 1 amide bonds. The molecule has 6 nitrogen and oxygen atoms in total. The number of anilines is 1. The molecule has 1 saturated heterocycles. The van der Waals surface area contributed by atoms with Crippen molar-refractivity contribution in [1.82, 2.24) is 9.97 Å². The van der Waals surface area contributed by atoms with E-state index >= 15 is 0 Å². The van der Waals surface area contributed by atoms with Gasteiger partial charge in [-0.1, -0.05) is 17.7 Å². The van der Waals surface area contributed by atoms with Crippen molar-refractivity contribution in [2.45, 2.75) is 5.37 Å². The average molecular weight is 370 g/mol. The molecule has 2 aromatic rings. The van der Waals surface area contributed by atoms with Crippen LogP contribution in [0.4, 0.5) is 10.3 Å². The molecule has 0 saturated carbocycles. The summed E-state index contributed by atoms with van der Waals surface area (Å²) in [6.07, 6.45) is 0. The van der Waals surface area contributed by atoms with Crippen molar-refractivity contribution in [2.24, 2.45) is 0 Å². The molecule has 0 bridgehead atoms. The molecule has 126 valence electrons. The van der Waals surface area contributed by atoms with Crippen molar-refractivity contribution < 1.29 is 18.7 Å². The molecular formula is C15H13ClFN3O3S. The standard InChI is InChI=1S/C15H13ClFN3O3S/c1-22-10-6-11(23-2)19-15(18-10)20-12(21)7-24-14(20)13-8(16)4-3-5-9(13)17/h3-6,14H,7H2,1-2H3. The smallest absolute Gasteiger partial charge is 0.240 e. The van der Waals surface area contributed by atoms with E-state index in [0.29, 0.717) is 0 Å². The zero-order valence-corrected chi connectivity index (χ0v) is 14.4. The third kappa shape index (κ3) is 2.99. The van der Waals surface area contributed by atoms with Gasteiger partial charge in [-0.3, -0.25) is 9.69 Å². The highest BCUT2D eigenvalue weighted by atomic mass is 35.5. The molecule has 1 aliphatic heterocycles. The van der Waals surface area contributed by atoms with Crippen LogP contribution < -0.4 is 14.4 Å². The summed E-state index contributed by atoms with van der Waals surface area (Å²) in [6.45, 7) is 0. The monoisotopic (exact) mass is 369 g/mol. The van der Waals surface area contributed by atoms with Crippen molar-refractivity contribution in [3.05, 3.63) is 40.7 Å². The minimum atomic E-state index is -0.664. The van der Waals surface area contributed by atoms with E-state index in [-0.39, 0.29) is 40.0 Å². The second kappa shape index (κ2) is 6.82. The Bertz CT molecular complexity index is 750. The van der Waals surface area contributed by atoms with E-state index in [0.717, 1.165) is 0 Å². The molecule has 1 fully saturated rings. The fraction of sp³-hybridized carbons (Fsp3) is 0.267. The van der Waals surface area contributed by atoms with Gasteiger partial charge in [0.1, 0.15) is 11.2 Å². The number of nitrogens with zero attached hydrogens (tertiary/aromatic N) is 3. The number of amides is 1. The maximum atomic E-state index is 14.3. The Kier molecular flexibility index (Phi) is 4.77. The molecule has 0 aliphatic carbocycles. The number of rotatable bonds is 4. The molecule has 0 spiro atoms. The Labute approximate surface area is 146 Å². The summed E-state index contributed by atoms with van der Waals surface area (Å²) in [6, 6.07) is 5.88. The molecule has 2 heterocycles. The van der Waals surface area contributed by atoms with Gasteiger partial charge in [0.25, 0.3) is 0 Å². The lowest BCUT2D eigenvalue weighted by Gasteiger charge is -2.23. The van der Waals surface area contributed by atoms with Crippen LogP contribution in [-0.4, -0.2) is 35.8 Å². The lowest BCUT2D eigenvalue weighted by atomic mass is 10.2. The van der Waals surface area contributed by atoms with E-state index in [1.165, 1.54) is 49.1 Å². The molecule has 0 radical (unpaired) electrons. The van der Waals surface area contributed by atoms with E-state index in [1.807, 2.05) is 0 Å². The number of halogens is 2. The number of hydrogen-bond acceptors (Lipinski definition) is 6. The van der Waals surface area contributed by atoms with Crippen LogP contribution in [0.1, 0.15) is 10.9 Å².